The first-order chi connectivity index (χ1) is 11.0. The zero-order valence-corrected chi connectivity index (χ0v) is 12.6. The molecule has 2 heterocycles. The van der Waals surface area contributed by atoms with Gasteiger partial charge in [-0.25, -0.2) is 9.18 Å². The van der Waals surface area contributed by atoms with Crippen LogP contribution in [0.4, 0.5) is 9.18 Å². The largest absolute Gasteiger partial charge is 0.393 e. The van der Waals surface area contributed by atoms with Gasteiger partial charge in [0.05, 0.1) is 6.61 Å². The van der Waals surface area contributed by atoms with Gasteiger partial charge in [-0.05, 0) is 18.9 Å². The minimum atomic E-state index is -2.11. The predicted octanol–water partition coefficient (Wildman–Crippen LogP) is 0.510. The Morgan fingerprint density at radius 1 is 1.48 bits per heavy atom. The normalized spacial score (nSPS) is 34.7. The lowest BCUT2D eigenvalue weighted by Crippen LogP contribution is -2.68. The summed E-state index contributed by atoms with van der Waals surface area (Å²) in [7, 11) is 0. The van der Waals surface area contributed by atoms with Crippen molar-refractivity contribution in [2.45, 2.75) is 43.7 Å². The smallest absolute Gasteiger partial charge is 0.326 e. The summed E-state index contributed by atoms with van der Waals surface area (Å²) in [5, 5.41) is 11.3. The second-order valence-electron chi connectivity index (χ2n) is 6.10. The molecule has 0 aromatic rings. The van der Waals surface area contributed by atoms with Crippen molar-refractivity contribution >= 4 is 11.8 Å². The predicted molar refractivity (Wildman–Crippen MR) is 78.3 cm³/mol. The van der Waals surface area contributed by atoms with Crippen molar-refractivity contribution in [3.63, 3.8) is 0 Å². The monoisotopic (exact) mass is 325 g/mol. The third-order valence-corrected chi connectivity index (χ3v) is 4.54. The molecule has 2 amide bonds. The molecule has 2 aliphatic heterocycles. The lowest BCUT2D eigenvalue weighted by molar-refractivity contribution is -0.128. The number of hydrogen-bond acceptors (Lipinski definition) is 5. The van der Waals surface area contributed by atoms with Crippen LogP contribution in [0.25, 0.3) is 0 Å². The van der Waals surface area contributed by atoms with E-state index >= 15 is 0 Å². The van der Waals surface area contributed by atoms with Crippen molar-refractivity contribution in [3.05, 3.63) is 24.2 Å². The van der Waals surface area contributed by atoms with E-state index in [9.17, 15) is 14.0 Å². The summed E-state index contributed by atoms with van der Waals surface area (Å²) >= 11 is 0. The number of carbonyl (C=O) groups excluding carboxylic acids is 2. The van der Waals surface area contributed by atoms with Crippen LogP contribution in [-0.4, -0.2) is 46.4 Å². The zero-order valence-electron chi connectivity index (χ0n) is 12.6. The first-order valence-corrected chi connectivity index (χ1v) is 7.72. The zero-order chi connectivity index (χ0) is 16.6. The molecule has 0 spiro atoms. The number of nitrogens with two attached hydrogens (primary N) is 1. The fourth-order valence-electron chi connectivity index (χ4n) is 3.20. The number of urea groups is 1. The van der Waals surface area contributed by atoms with E-state index in [4.69, 9.17) is 15.6 Å². The Morgan fingerprint density at radius 3 is 2.78 bits per heavy atom. The molecule has 3 rings (SSSR count). The molecular formula is C15H20FN3O4. The quantitative estimate of drug-likeness (QED) is 0.653. The van der Waals surface area contributed by atoms with Crippen molar-refractivity contribution in [2.24, 2.45) is 11.7 Å². The molecule has 0 radical (unpaired) electrons. The summed E-state index contributed by atoms with van der Waals surface area (Å²) in [6.45, 7) is -0.240. The van der Waals surface area contributed by atoms with E-state index in [0.29, 0.717) is 12.8 Å². The van der Waals surface area contributed by atoms with Gasteiger partial charge in [-0.2, -0.15) is 0 Å². The number of halogens is 1. The molecule has 0 aromatic heterocycles. The molecule has 1 aliphatic carbocycles. The summed E-state index contributed by atoms with van der Waals surface area (Å²) in [6.07, 6.45) is 5.76. The number of nitrogens with zero attached hydrogens (tertiary/aromatic N) is 1. The number of nitrogens with one attached hydrogen (secondary N) is 1. The summed E-state index contributed by atoms with van der Waals surface area (Å²) in [6, 6.07) is -0.714. The summed E-state index contributed by atoms with van der Waals surface area (Å²) in [5.74, 6) is -1.74. The number of Topliss-reactive ketones (excluding diaryl/α,β-unsaturated/α-hetero) is 1. The van der Waals surface area contributed by atoms with Crippen LogP contribution >= 0.6 is 0 Å². The van der Waals surface area contributed by atoms with E-state index in [1.165, 1.54) is 6.08 Å². The van der Waals surface area contributed by atoms with Crippen LogP contribution < -0.4 is 11.1 Å². The second kappa shape index (κ2) is 6.03. The highest BCUT2D eigenvalue weighted by molar-refractivity contribution is 5.97. The van der Waals surface area contributed by atoms with Gasteiger partial charge in [-0.1, -0.05) is 18.9 Å². The molecule has 1 saturated carbocycles. The first-order valence-electron chi connectivity index (χ1n) is 7.72. The third-order valence-electron chi connectivity index (χ3n) is 4.54. The summed E-state index contributed by atoms with van der Waals surface area (Å²) < 4.78 is 19.9. The molecule has 0 bridgehead atoms. The van der Waals surface area contributed by atoms with Crippen LogP contribution in [0, 0.1) is 5.92 Å². The lowest BCUT2D eigenvalue weighted by Gasteiger charge is -2.38. The Kier molecular flexibility index (Phi) is 4.22. The van der Waals surface area contributed by atoms with Gasteiger partial charge in [0.2, 0.25) is 5.66 Å². The fraction of sp³-hybridized carbons (Fsp3) is 0.600. The molecular weight excluding hydrogens is 305 g/mol. The van der Waals surface area contributed by atoms with Crippen LogP contribution in [0.5, 0.6) is 0 Å². The maximum atomic E-state index is 14.5. The number of carbonyl (C=O) groups is 2. The maximum absolute atomic E-state index is 14.5. The molecule has 3 aliphatic rings. The highest BCUT2D eigenvalue weighted by atomic mass is 19.1. The summed E-state index contributed by atoms with van der Waals surface area (Å²) in [5.41, 5.74) is 3.77. The highest BCUT2D eigenvalue weighted by Crippen LogP contribution is 2.32. The average molecular weight is 325 g/mol. The van der Waals surface area contributed by atoms with Crippen molar-refractivity contribution < 1.29 is 23.8 Å². The van der Waals surface area contributed by atoms with Crippen molar-refractivity contribution in [3.8, 4) is 0 Å². The van der Waals surface area contributed by atoms with Gasteiger partial charge in [0.15, 0.2) is 17.8 Å². The topological polar surface area (TPSA) is 105 Å². The Bertz CT molecular complexity index is 573. The van der Waals surface area contributed by atoms with Crippen LogP contribution in [0.2, 0.25) is 0 Å². The van der Waals surface area contributed by atoms with Gasteiger partial charge in [-0.3, -0.25) is 15.4 Å². The number of ether oxygens (including phenoxy) is 1. The van der Waals surface area contributed by atoms with Crippen LogP contribution in [0.1, 0.15) is 25.7 Å². The Labute approximate surface area is 132 Å². The number of hydrogen-bond donors (Lipinski definition) is 3. The summed E-state index contributed by atoms with van der Waals surface area (Å²) in [4.78, 5) is 25.7. The van der Waals surface area contributed by atoms with Gasteiger partial charge in [0.25, 0.3) is 0 Å². The minimum Gasteiger partial charge on any atom is -0.393 e. The molecule has 4 N–H and O–H groups in total. The molecule has 126 valence electrons. The number of aliphatic hydroxyl groups is 1. The van der Waals surface area contributed by atoms with Gasteiger partial charge >= 0.3 is 6.03 Å². The molecule has 1 fully saturated rings. The number of aliphatic hydroxyl groups excluding tert-OH is 1. The van der Waals surface area contributed by atoms with Gasteiger partial charge in [0.1, 0.15) is 6.10 Å². The Balaban J connectivity index is 1.79. The fourth-order valence-corrected chi connectivity index (χ4v) is 3.20. The van der Waals surface area contributed by atoms with E-state index in [2.05, 4.69) is 5.32 Å². The molecule has 1 unspecified atom stereocenters. The molecule has 8 heteroatoms. The third kappa shape index (κ3) is 2.77. The lowest BCUT2D eigenvalue weighted by atomic mass is 9.90. The molecule has 0 aromatic carbocycles. The number of amides is 2. The molecule has 7 nitrogen and oxygen atoms in total. The maximum Gasteiger partial charge on any atom is 0.326 e. The second-order valence-corrected chi connectivity index (χ2v) is 6.10. The van der Waals surface area contributed by atoms with E-state index in [-0.39, 0.29) is 12.5 Å². The minimum absolute atomic E-state index is 0.240. The highest BCUT2D eigenvalue weighted by Gasteiger charge is 2.49. The van der Waals surface area contributed by atoms with Crippen LogP contribution in [-0.2, 0) is 9.53 Å². The van der Waals surface area contributed by atoms with Crippen LogP contribution in [0.3, 0.4) is 0 Å². The van der Waals surface area contributed by atoms with E-state index < -0.39 is 35.6 Å². The van der Waals surface area contributed by atoms with Gasteiger partial charge in [-0.15, -0.1) is 0 Å². The molecule has 0 saturated heterocycles. The van der Waals surface area contributed by atoms with E-state index in [0.717, 1.165) is 23.9 Å². The van der Waals surface area contributed by atoms with Crippen molar-refractivity contribution in [1.29, 1.82) is 0 Å². The van der Waals surface area contributed by atoms with E-state index in [1.807, 2.05) is 0 Å². The average Bonchev–Trinajstić information content (AvgIpc) is 3.21. The first kappa shape index (κ1) is 16.1. The Morgan fingerprint density at radius 2 is 2.17 bits per heavy atom. The van der Waals surface area contributed by atoms with Crippen LogP contribution in [0.15, 0.2) is 24.2 Å². The molecule has 23 heavy (non-hydrogen) atoms. The SMILES string of the molecule is NC1(C(=O)C2CCCC2)NC(=O)N([C@H]2C=C[C@@H](CO)O2)C=C1F. The van der Waals surface area contributed by atoms with Crippen molar-refractivity contribution in [1.82, 2.24) is 10.2 Å². The number of rotatable bonds is 4. The Hall–Kier alpha value is -1.77. The van der Waals surface area contributed by atoms with Gasteiger partial charge < -0.3 is 15.2 Å². The molecule has 3 atom stereocenters. The van der Waals surface area contributed by atoms with E-state index in [1.54, 1.807) is 6.08 Å². The van der Waals surface area contributed by atoms with Gasteiger partial charge in [0, 0.05) is 12.1 Å². The van der Waals surface area contributed by atoms with Crippen molar-refractivity contribution in [2.75, 3.05) is 6.61 Å². The standard InChI is InChI=1S/C15H20FN3O4/c16-11-7-19(12-6-5-10(8-20)23-12)14(22)18-15(11,17)13(21)9-3-1-2-4-9/h5-7,9-10,12,20H,1-4,8,17H2,(H,18,22)/t10-,12+,15?/m0/s1. The number of ketones is 1.